The van der Waals surface area contributed by atoms with Gasteiger partial charge in [0.25, 0.3) is 5.91 Å². The number of hydrogen-bond acceptors (Lipinski definition) is 5. The van der Waals surface area contributed by atoms with Crippen LogP contribution in [0.4, 0.5) is 0 Å². The molecule has 4 rings (SSSR count). The molecule has 1 fully saturated rings. The molecule has 0 unspecified atom stereocenters. The maximum absolute atomic E-state index is 13.4. The Balaban J connectivity index is 1.58. The number of hydrazone groups is 1. The number of carbonyl (C=O) groups is 1. The van der Waals surface area contributed by atoms with Gasteiger partial charge < -0.3 is 9.64 Å². The van der Waals surface area contributed by atoms with E-state index < -0.39 is 0 Å². The minimum atomic E-state index is -0.209. The molecule has 0 radical (unpaired) electrons. The fraction of sp³-hybridized carbons (Fsp3) is 0.417. The van der Waals surface area contributed by atoms with Crippen molar-refractivity contribution in [2.45, 2.75) is 19.4 Å². The first-order chi connectivity index (χ1) is 15.1. The van der Waals surface area contributed by atoms with E-state index in [-0.39, 0.29) is 11.9 Å². The molecule has 2 heterocycles. The minimum absolute atomic E-state index is 0.00719. The highest BCUT2D eigenvalue weighted by molar-refractivity contribution is 6.31. The van der Waals surface area contributed by atoms with Crippen LogP contribution < -0.4 is 4.74 Å². The number of nitrogens with zero attached hydrogens (tertiary/aromatic N) is 4. The number of rotatable bonds is 6. The molecule has 0 aromatic heterocycles. The lowest BCUT2D eigenvalue weighted by atomic mass is 9.98. The molecule has 7 heteroatoms. The van der Waals surface area contributed by atoms with Gasteiger partial charge in [-0.3, -0.25) is 9.69 Å². The van der Waals surface area contributed by atoms with Crippen LogP contribution in [0.2, 0.25) is 5.02 Å². The van der Waals surface area contributed by atoms with Gasteiger partial charge in [-0.15, -0.1) is 0 Å². The highest BCUT2D eigenvalue weighted by Crippen LogP contribution is 2.36. The summed E-state index contributed by atoms with van der Waals surface area (Å²) in [4.78, 5) is 18.0. The van der Waals surface area contributed by atoms with E-state index in [4.69, 9.17) is 21.4 Å². The molecule has 2 aliphatic heterocycles. The van der Waals surface area contributed by atoms with Crippen LogP contribution in [0.5, 0.6) is 5.75 Å². The minimum Gasteiger partial charge on any atom is -0.497 e. The molecular weight excluding hydrogens is 412 g/mol. The second kappa shape index (κ2) is 9.81. The summed E-state index contributed by atoms with van der Waals surface area (Å²) < 4.78 is 5.37. The maximum Gasteiger partial charge on any atom is 0.257 e. The first-order valence-electron chi connectivity index (χ1n) is 10.8. The Labute approximate surface area is 189 Å². The van der Waals surface area contributed by atoms with Crippen LogP contribution in [0.15, 0.2) is 53.6 Å². The van der Waals surface area contributed by atoms with E-state index in [1.807, 2.05) is 48.5 Å². The van der Waals surface area contributed by atoms with Crippen molar-refractivity contribution in [3.8, 4) is 5.75 Å². The van der Waals surface area contributed by atoms with E-state index in [1.165, 1.54) is 0 Å². The molecule has 1 saturated heterocycles. The smallest absolute Gasteiger partial charge is 0.257 e. The third-order valence-corrected chi connectivity index (χ3v) is 6.45. The van der Waals surface area contributed by atoms with Gasteiger partial charge >= 0.3 is 0 Å². The summed E-state index contributed by atoms with van der Waals surface area (Å²) in [5.41, 5.74) is 2.76. The number of benzene rings is 2. The fourth-order valence-electron chi connectivity index (χ4n) is 4.23. The van der Waals surface area contributed by atoms with Gasteiger partial charge in [0.1, 0.15) is 5.75 Å². The molecule has 0 bridgehead atoms. The highest BCUT2D eigenvalue weighted by atomic mass is 35.5. The van der Waals surface area contributed by atoms with Gasteiger partial charge in [-0.2, -0.15) is 5.10 Å². The zero-order valence-electron chi connectivity index (χ0n) is 18.1. The van der Waals surface area contributed by atoms with Gasteiger partial charge in [-0.05, 0) is 30.3 Å². The Morgan fingerprint density at radius 2 is 1.84 bits per heavy atom. The summed E-state index contributed by atoms with van der Waals surface area (Å²) in [6.45, 7) is 7.39. The topological polar surface area (TPSA) is 48.4 Å². The van der Waals surface area contributed by atoms with Gasteiger partial charge in [0.15, 0.2) is 0 Å². The molecule has 2 aliphatic rings. The van der Waals surface area contributed by atoms with Crippen molar-refractivity contribution in [3.63, 3.8) is 0 Å². The largest absolute Gasteiger partial charge is 0.497 e. The summed E-state index contributed by atoms with van der Waals surface area (Å²) in [7, 11) is 1.65. The van der Waals surface area contributed by atoms with Crippen LogP contribution in [0.25, 0.3) is 0 Å². The predicted octanol–water partition coefficient (Wildman–Crippen LogP) is 3.66. The van der Waals surface area contributed by atoms with Crippen LogP contribution in [0, 0.1) is 0 Å². The Hall–Kier alpha value is -2.41. The van der Waals surface area contributed by atoms with E-state index in [0.717, 1.165) is 55.3 Å². The van der Waals surface area contributed by atoms with Crippen molar-refractivity contribution in [2.24, 2.45) is 5.10 Å². The van der Waals surface area contributed by atoms with Crippen molar-refractivity contribution in [2.75, 3.05) is 46.4 Å². The monoisotopic (exact) mass is 440 g/mol. The first kappa shape index (κ1) is 21.8. The molecule has 2 aromatic carbocycles. The zero-order chi connectivity index (χ0) is 21.8. The lowest BCUT2D eigenvalue weighted by Gasteiger charge is -2.34. The van der Waals surface area contributed by atoms with Crippen molar-refractivity contribution in [1.82, 2.24) is 14.8 Å². The fourth-order valence-corrected chi connectivity index (χ4v) is 4.49. The molecule has 164 valence electrons. The van der Waals surface area contributed by atoms with Crippen LogP contribution in [0.1, 0.15) is 30.5 Å². The van der Waals surface area contributed by atoms with Crippen molar-refractivity contribution in [1.29, 1.82) is 0 Å². The summed E-state index contributed by atoms with van der Waals surface area (Å²) in [5, 5.41) is 7.08. The first-order valence-corrected chi connectivity index (χ1v) is 11.2. The molecule has 6 nitrogen and oxygen atoms in total. The van der Waals surface area contributed by atoms with E-state index in [2.05, 4.69) is 16.7 Å². The second-order valence-electron chi connectivity index (χ2n) is 7.97. The quantitative estimate of drug-likeness (QED) is 0.687. The average molecular weight is 441 g/mol. The molecule has 1 atom stereocenters. The van der Waals surface area contributed by atoms with Gasteiger partial charge in [-0.25, -0.2) is 5.01 Å². The number of likely N-dealkylation sites (N-methyl/N-ethyl adjacent to an activating group) is 1. The SMILES string of the molecule is CCN1CCN(CC(=O)N2N=C(c3cccc(OC)c3)C[C@H]2c2ccccc2Cl)CC1. The molecular formula is C24H29ClN4O2. The van der Waals surface area contributed by atoms with Crippen LogP contribution >= 0.6 is 11.6 Å². The number of methoxy groups -OCH3 is 1. The zero-order valence-corrected chi connectivity index (χ0v) is 18.9. The number of carbonyl (C=O) groups excluding carboxylic acids is 1. The van der Waals surface area contributed by atoms with Crippen molar-refractivity contribution in [3.05, 3.63) is 64.7 Å². The molecule has 0 aliphatic carbocycles. The van der Waals surface area contributed by atoms with Crippen molar-refractivity contribution >= 4 is 23.2 Å². The number of halogens is 1. The highest BCUT2D eigenvalue weighted by Gasteiger charge is 2.35. The summed E-state index contributed by atoms with van der Waals surface area (Å²) >= 11 is 6.51. The van der Waals surface area contributed by atoms with Gasteiger partial charge in [-0.1, -0.05) is 48.9 Å². The number of hydrogen-bond donors (Lipinski definition) is 0. The van der Waals surface area contributed by atoms with Crippen LogP contribution in [-0.4, -0.2) is 72.8 Å². The van der Waals surface area contributed by atoms with E-state index in [1.54, 1.807) is 12.1 Å². The van der Waals surface area contributed by atoms with E-state index in [0.29, 0.717) is 18.0 Å². The average Bonchev–Trinajstić information content (AvgIpc) is 3.25. The molecule has 31 heavy (non-hydrogen) atoms. The maximum atomic E-state index is 13.4. The third kappa shape index (κ3) is 4.92. The normalized spacial score (nSPS) is 20.0. The Kier molecular flexibility index (Phi) is 6.90. The number of piperazine rings is 1. The van der Waals surface area contributed by atoms with E-state index in [9.17, 15) is 4.79 Å². The summed E-state index contributed by atoms with van der Waals surface area (Å²) in [6, 6.07) is 15.3. The standard InChI is InChI=1S/C24H29ClN4O2/c1-3-27-11-13-28(14-12-27)17-24(30)29-23(20-9-4-5-10-21(20)25)16-22(26-29)18-7-6-8-19(15-18)31-2/h4-10,15,23H,3,11-14,16-17H2,1-2H3/t23-/m0/s1. The Morgan fingerprint density at radius 1 is 1.10 bits per heavy atom. The lowest BCUT2D eigenvalue weighted by Crippen LogP contribution is -2.49. The van der Waals surface area contributed by atoms with Gasteiger partial charge in [0.05, 0.1) is 25.4 Å². The van der Waals surface area contributed by atoms with Crippen molar-refractivity contribution < 1.29 is 9.53 Å². The van der Waals surface area contributed by atoms with Gasteiger partial charge in [0.2, 0.25) is 0 Å². The Bertz CT molecular complexity index is 956. The lowest BCUT2D eigenvalue weighted by molar-refractivity contribution is -0.134. The van der Waals surface area contributed by atoms with Gasteiger partial charge in [0, 0.05) is 43.2 Å². The summed E-state index contributed by atoms with van der Waals surface area (Å²) in [5.74, 6) is 0.779. The van der Waals surface area contributed by atoms with E-state index >= 15 is 0 Å². The molecule has 0 N–H and O–H groups in total. The van der Waals surface area contributed by atoms with Crippen LogP contribution in [-0.2, 0) is 4.79 Å². The molecule has 2 aromatic rings. The number of amides is 1. The Morgan fingerprint density at radius 3 is 2.55 bits per heavy atom. The molecule has 0 saturated carbocycles. The summed E-state index contributed by atoms with van der Waals surface area (Å²) in [6.07, 6.45) is 0.617. The predicted molar refractivity (Wildman–Crippen MR) is 124 cm³/mol. The molecule has 1 amide bonds. The molecule has 0 spiro atoms. The third-order valence-electron chi connectivity index (χ3n) is 6.10. The van der Waals surface area contributed by atoms with Crippen LogP contribution in [0.3, 0.4) is 0 Å². The number of ether oxygens (including phenoxy) is 1. The second-order valence-corrected chi connectivity index (χ2v) is 8.38.